The van der Waals surface area contributed by atoms with E-state index in [4.69, 9.17) is 5.73 Å². The van der Waals surface area contributed by atoms with Crippen molar-refractivity contribution in [1.82, 2.24) is 4.98 Å². The maximum Gasteiger partial charge on any atom is 0.573 e. The van der Waals surface area contributed by atoms with Crippen LogP contribution in [-0.2, 0) is 12.7 Å². The summed E-state index contributed by atoms with van der Waals surface area (Å²) in [7, 11) is 0. The molecule has 0 spiro atoms. The molecule has 0 aliphatic carbocycles. The van der Waals surface area contributed by atoms with E-state index in [0.717, 1.165) is 6.20 Å². The molecule has 1 heterocycles. The van der Waals surface area contributed by atoms with Gasteiger partial charge in [0, 0.05) is 18.3 Å². The van der Waals surface area contributed by atoms with E-state index in [1.54, 1.807) is 0 Å². The molecule has 3 nitrogen and oxygen atoms in total. The third-order valence-electron chi connectivity index (χ3n) is 1.78. The Bertz CT molecular complexity index is 444. The van der Waals surface area contributed by atoms with Gasteiger partial charge < -0.3 is 10.5 Å². The normalized spacial score (nSPS) is 12.7. The molecule has 10 heteroatoms. The predicted molar refractivity (Wildman–Crippen MR) is 56.5 cm³/mol. The molecule has 18 heavy (non-hydrogen) atoms. The highest BCUT2D eigenvalue weighted by atomic mass is 127. The van der Waals surface area contributed by atoms with Crippen LogP contribution in [-0.4, -0.2) is 11.3 Å². The average molecular weight is 386 g/mol. The van der Waals surface area contributed by atoms with Gasteiger partial charge in [0.2, 0.25) is 0 Å². The van der Waals surface area contributed by atoms with Gasteiger partial charge in [0.25, 0.3) is 0 Å². The molecule has 0 aromatic carbocycles. The molecule has 1 rings (SSSR count). The topological polar surface area (TPSA) is 48.1 Å². The smallest absolute Gasteiger partial charge is 0.405 e. The fourth-order valence-corrected chi connectivity index (χ4v) is 1.83. The Morgan fingerprint density at radius 2 is 1.78 bits per heavy atom. The SMILES string of the molecule is NCc1cnc(I)c(C(F)(F)F)c1OC(F)(F)F. The number of nitrogens with zero attached hydrogens (tertiary/aromatic N) is 1. The van der Waals surface area contributed by atoms with E-state index < -0.39 is 39.7 Å². The first kappa shape index (κ1) is 15.3. The summed E-state index contributed by atoms with van der Waals surface area (Å²) in [4.78, 5) is 3.35. The van der Waals surface area contributed by atoms with E-state index >= 15 is 0 Å². The number of alkyl halides is 6. The maximum absolute atomic E-state index is 12.7. The standard InChI is InChI=1S/C8H5F6IN2O/c9-7(10,11)4-5(18-8(12,13)14)3(1-16)2-17-6(4)15/h2H,1,16H2. The lowest BCUT2D eigenvalue weighted by Gasteiger charge is -2.18. The van der Waals surface area contributed by atoms with Gasteiger partial charge in [-0.15, -0.1) is 13.2 Å². The second kappa shape index (κ2) is 5.07. The Morgan fingerprint density at radius 1 is 1.22 bits per heavy atom. The van der Waals surface area contributed by atoms with E-state index in [2.05, 4.69) is 9.72 Å². The first-order valence-electron chi connectivity index (χ1n) is 4.26. The van der Waals surface area contributed by atoms with Crippen molar-refractivity contribution in [3.63, 3.8) is 0 Å². The molecule has 0 aliphatic rings. The van der Waals surface area contributed by atoms with Crippen LogP contribution in [0.1, 0.15) is 11.1 Å². The summed E-state index contributed by atoms with van der Waals surface area (Å²) in [5.41, 5.74) is 3.02. The van der Waals surface area contributed by atoms with E-state index in [0.29, 0.717) is 0 Å². The molecule has 0 aliphatic heterocycles. The largest absolute Gasteiger partial charge is 0.573 e. The summed E-state index contributed by atoms with van der Waals surface area (Å²) in [6, 6.07) is 0. The van der Waals surface area contributed by atoms with Crippen LogP contribution in [0.2, 0.25) is 0 Å². The van der Waals surface area contributed by atoms with Crippen molar-refractivity contribution in [3.05, 3.63) is 21.0 Å². The Kier molecular flexibility index (Phi) is 4.30. The molecule has 0 atom stereocenters. The first-order valence-corrected chi connectivity index (χ1v) is 5.34. The van der Waals surface area contributed by atoms with Gasteiger partial charge in [-0.3, -0.25) is 0 Å². The minimum absolute atomic E-state index is 0.472. The number of hydrogen-bond acceptors (Lipinski definition) is 3. The molecule has 1 aromatic heterocycles. The number of halogens is 7. The Balaban J connectivity index is 3.47. The minimum Gasteiger partial charge on any atom is -0.405 e. The van der Waals surface area contributed by atoms with Crippen molar-refractivity contribution in [2.45, 2.75) is 19.1 Å². The number of pyridine rings is 1. The molecular weight excluding hydrogens is 381 g/mol. The molecule has 102 valence electrons. The lowest BCUT2D eigenvalue weighted by Crippen LogP contribution is -2.23. The zero-order valence-corrected chi connectivity index (χ0v) is 10.5. The van der Waals surface area contributed by atoms with Gasteiger partial charge in [0.15, 0.2) is 0 Å². The van der Waals surface area contributed by atoms with E-state index in [9.17, 15) is 26.3 Å². The van der Waals surface area contributed by atoms with Crippen LogP contribution in [0.4, 0.5) is 26.3 Å². The summed E-state index contributed by atoms with van der Waals surface area (Å²) < 4.78 is 77.1. The first-order chi connectivity index (χ1) is 8.06. The van der Waals surface area contributed by atoms with Gasteiger partial charge in [-0.05, 0) is 22.6 Å². The van der Waals surface area contributed by atoms with Crippen LogP contribution in [0.5, 0.6) is 5.75 Å². The second-order valence-electron chi connectivity index (χ2n) is 3.03. The monoisotopic (exact) mass is 386 g/mol. The molecule has 0 fully saturated rings. The van der Waals surface area contributed by atoms with Crippen LogP contribution in [0, 0.1) is 3.70 Å². The highest BCUT2D eigenvalue weighted by Crippen LogP contribution is 2.42. The van der Waals surface area contributed by atoms with Crippen LogP contribution in [0.3, 0.4) is 0 Å². The summed E-state index contributed by atoms with van der Waals surface area (Å²) in [5, 5.41) is 0. The lowest BCUT2D eigenvalue weighted by atomic mass is 10.1. The molecule has 0 saturated carbocycles. The van der Waals surface area contributed by atoms with Gasteiger partial charge in [0.05, 0.1) is 0 Å². The molecule has 0 amide bonds. The van der Waals surface area contributed by atoms with Crippen molar-refractivity contribution in [2.24, 2.45) is 5.73 Å². The Labute approximate surface area is 110 Å². The quantitative estimate of drug-likeness (QED) is 0.483. The van der Waals surface area contributed by atoms with Crippen molar-refractivity contribution >= 4 is 22.6 Å². The lowest BCUT2D eigenvalue weighted by molar-refractivity contribution is -0.276. The zero-order valence-electron chi connectivity index (χ0n) is 8.36. The van der Waals surface area contributed by atoms with Gasteiger partial charge in [-0.1, -0.05) is 0 Å². The zero-order chi connectivity index (χ0) is 14.1. The second-order valence-corrected chi connectivity index (χ2v) is 4.05. The molecule has 1 aromatic rings. The third-order valence-corrected chi connectivity index (χ3v) is 2.60. The van der Waals surface area contributed by atoms with Gasteiger partial charge in [-0.2, -0.15) is 13.2 Å². The summed E-state index contributed by atoms with van der Waals surface area (Å²) in [6.07, 6.45) is -9.44. The fraction of sp³-hybridized carbons (Fsp3) is 0.375. The highest BCUT2D eigenvalue weighted by molar-refractivity contribution is 14.1. The van der Waals surface area contributed by atoms with Crippen LogP contribution < -0.4 is 10.5 Å². The molecule has 2 N–H and O–H groups in total. The molecular formula is C8H5F6IN2O. The van der Waals surface area contributed by atoms with Crippen LogP contribution in [0.25, 0.3) is 0 Å². The molecule has 0 radical (unpaired) electrons. The number of hydrogen-bond donors (Lipinski definition) is 1. The highest BCUT2D eigenvalue weighted by Gasteiger charge is 2.42. The molecule has 0 bridgehead atoms. The summed E-state index contributed by atoms with van der Waals surface area (Å²) in [6.45, 7) is -0.557. The van der Waals surface area contributed by atoms with Crippen LogP contribution in [0.15, 0.2) is 6.20 Å². The van der Waals surface area contributed by atoms with Gasteiger partial charge >= 0.3 is 12.5 Å². The summed E-state index contributed by atoms with van der Waals surface area (Å²) >= 11 is 1.18. The maximum atomic E-state index is 12.7. The summed E-state index contributed by atoms with van der Waals surface area (Å²) in [5.74, 6) is -1.35. The van der Waals surface area contributed by atoms with E-state index in [1.807, 2.05) is 0 Å². The number of rotatable bonds is 2. The predicted octanol–water partition coefficient (Wildman–Crippen LogP) is 3.06. The molecule has 0 unspecified atom stereocenters. The number of nitrogens with two attached hydrogens (primary N) is 1. The Hall–Kier alpha value is -0.780. The van der Waals surface area contributed by atoms with E-state index in [-0.39, 0.29) is 0 Å². The fourth-order valence-electron chi connectivity index (χ4n) is 1.14. The third kappa shape index (κ3) is 3.60. The van der Waals surface area contributed by atoms with Crippen LogP contribution >= 0.6 is 22.6 Å². The average Bonchev–Trinajstić information content (AvgIpc) is 2.13. The minimum atomic E-state index is -5.24. The molecule has 0 saturated heterocycles. The van der Waals surface area contributed by atoms with Crippen molar-refractivity contribution in [1.29, 1.82) is 0 Å². The van der Waals surface area contributed by atoms with Gasteiger partial charge in [0.1, 0.15) is 15.0 Å². The van der Waals surface area contributed by atoms with Crippen molar-refractivity contribution in [2.75, 3.05) is 0 Å². The number of ether oxygens (including phenoxy) is 1. The van der Waals surface area contributed by atoms with Gasteiger partial charge in [-0.25, -0.2) is 4.98 Å². The van der Waals surface area contributed by atoms with Crippen molar-refractivity contribution in [3.8, 4) is 5.75 Å². The van der Waals surface area contributed by atoms with E-state index in [1.165, 1.54) is 22.6 Å². The number of aromatic nitrogens is 1. The Morgan fingerprint density at radius 3 is 2.17 bits per heavy atom. The van der Waals surface area contributed by atoms with Crippen molar-refractivity contribution < 1.29 is 31.1 Å².